The van der Waals surface area contributed by atoms with Gasteiger partial charge in [0.15, 0.2) is 17.5 Å². The highest BCUT2D eigenvalue weighted by Gasteiger charge is 2.22. The van der Waals surface area contributed by atoms with Crippen LogP contribution in [0.1, 0.15) is 12.8 Å². The fourth-order valence-electron chi connectivity index (χ4n) is 2.00. The van der Waals surface area contributed by atoms with Gasteiger partial charge in [-0.3, -0.25) is 4.72 Å². The van der Waals surface area contributed by atoms with Crippen LogP contribution < -0.4 is 10.0 Å². The quantitative estimate of drug-likeness (QED) is 0.829. The standard InChI is InChI=1S/C11H13F3N2O2S/c12-9-4-8(5-10(13)11(9)14)16-19(17,18)6-7-2-1-3-15-7/h4-5,7,15-16H,1-3,6H2. The average molecular weight is 294 g/mol. The predicted molar refractivity (Wildman–Crippen MR) is 64.8 cm³/mol. The summed E-state index contributed by atoms with van der Waals surface area (Å²) in [6.07, 6.45) is 1.62. The number of hydrogen-bond donors (Lipinski definition) is 2. The smallest absolute Gasteiger partial charge is 0.234 e. The predicted octanol–water partition coefficient (Wildman–Crippen LogP) is 1.60. The molecule has 1 atom stereocenters. The fraction of sp³-hybridized carbons (Fsp3) is 0.455. The molecule has 0 aliphatic carbocycles. The molecule has 1 aromatic carbocycles. The first kappa shape index (κ1) is 14.1. The molecule has 2 rings (SSSR count). The first-order valence-electron chi connectivity index (χ1n) is 5.76. The maximum Gasteiger partial charge on any atom is 0.234 e. The maximum absolute atomic E-state index is 13.0. The van der Waals surface area contributed by atoms with Gasteiger partial charge in [0.05, 0.1) is 11.4 Å². The highest BCUT2D eigenvalue weighted by molar-refractivity contribution is 7.92. The van der Waals surface area contributed by atoms with Crippen molar-refractivity contribution in [1.82, 2.24) is 5.32 Å². The largest absolute Gasteiger partial charge is 0.313 e. The third-order valence-electron chi connectivity index (χ3n) is 2.84. The molecule has 1 aliphatic heterocycles. The van der Waals surface area contributed by atoms with Crippen LogP contribution >= 0.6 is 0 Å². The van der Waals surface area contributed by atoms with E-state index in [1.54, 1.807) is 0 Å². The monoisotopic (exact) mass is 294 g/mol. The van der Waals surface area contributed by atoms with Crippen LogP contribution in [0.2, 0.25) is 0 Å². The second kappa shape index (κ2) is 5.38. The molecule has 1 aromatic rings. The third kappa shape index (κ3) is 3.60. The number of nitrogens with one attached hydrogen (secondary N) is 2. The summed E-state index contributed by atoms with van der Waals surface area (Å²) in [4.78, 5) is 0. The molecular weight excluding hydrogens is 281 g/mol. The van der Waals surface area contributed by atoms with E-state index in [1.807, 2.05) is 4.72 Å². The molecule has 2 N–H and O–H groups in total. The van der Waals surface area contributed by atoms with E-state index < -0.39 is 27.5 Å². The molecule has 0 radical (unpaired) electrons. The van der Waals surface area contributed by atoms with Gasteiger partial charge in [0.2, 0.25) is 10.0 Å². The van der Waals surface area contributed by atoms with Gasteiger partial charge in [0.1, 0.15) is 0 Å². The molecule has 1 fully saturated rings. The molecule has 0 aromatic heterocycles. The molecule has 8 heteroatoms. The summed E-state index contributed by atoms with van der Waals surface area (Å²) < 4.78 is 64.2. The number of sulfonamides is 1. The van der Waals surface area contributed by atoms with Gasteiger partial charge in [-0.2, -0.15) is 0 Å². The van der Waals surface area contributed by atoms with Crippen molar-refractivity contribution in [3.8, 4) is 0 Å². The molecule has 0 bridgehead atoms. The van der Waals surface area contributed by atoms with Gasteiger partial charge in [-0.1, -0.05) is 0 Å². The summed E-state index contributed by atoms with van der Waals surface area (Å²) in [6, 6.07) is 1.04. The molecule has 19 heavy (non-hydrogen) atoms. The van der Waals surface area contributed by atoms with E-state index in [-0.39, 0.29) is 17.5 Å². The van der Waals surface area contributed by atoms with Crippen molar-refractivity contribution < 1.29 is 21.6 Å². The molecule has 1 saturated heterocycles. The second-order valence-corrected chi connectivity index (χ2v) is 6.20. The zero-order chi connectivity index (χ0) is 14.0. The van der Waals surface area contributed by atoms with E-state index in [1.165, 1.54) is 0 Å². The zero-order valence-corrected chi connectivity index (χ0v) is 10.7. The van der Waals surface area contributed by atoms with Gasteiger partial charge in [-0.15, -0.1) is 0 Å². The molecule has 106 valence electrons. The lowest BCUT2D eigenvalue weighted by atomic mass is 10.3. The van der Waals surface area contributed by atoms with Crippen molar-refractivity contribution in [2.75, 3.05) is 17.0 Å². The Hall–Kier alpha value is -1.28. The molecule has 1 unspecified atom stereocenters. The van der Waals surface area contributed by atoms with Crippen LogP contribution in [0.25, 0.3) is 0 Å². The Balaban J connectivity index is 2.11. The molecule has 1 aliphatic rings. The van der Waals surface area contributed by atoms with E-state index in [4.69, 9.17) is 0 Å². The van der Waals surface area contributed by atoms with Crippen LogP contribution in [0, 0.1) is 17.5 Å². The van der Waals surface area contributed by atoms with Crippen molar-refractivity contribution in [2.24, 2.45) is 0 Å². The van der Waals surface area contributed by atoms with Crippen molar-refractivity contribution in [3.05, 3.63) is 29.6 Å². The van der Waals surface area contributed by atoms with Crippen LogP contribution in [-0.4, -0.2) is 26.8 Å². The van der Waals surface area contributed by atoms with Gasteiger partial charge in [0.25, 0.3) is 0 Å². The summed E-state index contributed by atoms with van der Waals surface area (Å²) in [6.45, 7) is 0.750. The lowest BCUT2D eigenvalue weighted by Crippen LogP contribution is -2.32. The summed E-state index contributed by atoms with van der Waals surface area (Å²) in [5, 5.41) is 3.00. The summed E-state index contributed by atoms with van der Waals surface area (Å²) in [7, 11) is -3.73. The second-order valence-electron chi connectivity index (χ2n) is 4.43. The maximum atomic E-state index is 13.0. The summed E-state index contributed by atoms with van der Waals surface area (Å²) in [5.41, 5.74) is -0.325. The van der Waals surface area contributed by atoms with E-state index in [0.717, 1.165) is 19.4 Å². The van der Waals surface area contributed by atoms with Gasteiger partial charge < -0.3 is 5.32 Å². The van der Waals surface area contributed by atoms with Crippen molar-refractivity contribution in [1.29, 1.82) is 0 Å². The zero-order valence-electron chi connectivity index (χ0n) is 9.92. The van der Waals surface area contributed by atoms with Gasteiger partial charge >= 0.3 is 0 Å². The minimum atomic E-state index is -3.73. The molecule has 1 heterocycles. The van der Waals surface area contributed by atoms with Crippen LogP contribution in [0.15, 0.2) is 12.1 Å². The van der Waals surface area contributed by atoms with Crippen molar-refractivity contribution >= 4 is 15.7 Å². The van der Waals surface area contributed by atoms with E-state index in [9.17, 15) is 21.6 Å². The third-order valence-corrected chi connectivity index (χ3v) is 4.23. The number of hydrogen-bond acceptors (Lipinski definition) is 3. The minimum Gasteiger partial charge on any atom is -0.313 e. The Bertz CT molecular complexity index is 548. The number of anilines is 1. The summed E-state index contributed by atoms with van der Waals surface area (Å²) >= 11 is 0. The molecule has 0 amide bonds. The highest BCUT2D eigenvalue weighted by Crippen LogP contribution is 2.19. The fourth-order valence-corrected chi connectivity index (χ4v) is 3.37. The lowest BCUT2D eigenvalue weighted by molar-refractivity contribution is 0.448. The Morgan fingerprint density at radius 3 is 2.42 bits per heavy atom. The normalized spacial score (nSPS) is 19.6. The van der Waals surface area contributed by atoms with Gasteiger partial charge in [-0.25, -0.2) is 21.6 Å². The van der Waals surface area contributed by atoms with Gasteiger partial charge in [0, 0.05) is 18.2 Å². The molecule has 0 spiro atoms. The highest BCUT2D eigenvalue weighted by atomic mass is 32.2. The van der Waals surface area contributed by atoms with Crippen LogP contribution in [0.4, 0.5) is 18.9 Å². The molecular formula is C11H13F3N2O2S. The van der Waals surface area contributed by atoms with Crippen LogP contribution in [0.3, 0.4) is 0 Å². The average Bonchev–Trinajstić information content (AvgIpc) is 2.77. The number of halogens is 3. The van der Waals surface area contributed by atoms with Gasteiger partial charge in [-0.05, 0) is 19.4 Å². The van der Waals surface area contributed by atoms with Crippen molar-refractivity contribution in [3.63, 3.8) is 0 Å². The number of benzene rings is 1. The number of rotatable bonds is 4. The minimum absolute atomic E-state index is 0.173. The lowest BCUT2D eigenvalue weighted by Gasteiger charge is -2.13. The molecule has 0 saturated carbocycles. The summed E-state index contributed by atoms with van der Waals surface area (Å²) in [5.74, 6) is -4.68. The Labute approximate surface area is 109 Å². The first-order chi connectivity index (χ1) is 8.87. The van der Waals surface area contributed by atoms with E-state index in [0.29, 0.717) is 12.1 Å². The molecule has 4 nitrogen and oxygen atoms in total. The van der Waals surface area contributed by atoms with E-state index in [2.05, 4.69) is 5.32 Å². The Morgan fingerprint density at radius 1 is 1.26 bits per heavy atom. The Morgan fingerprint density at radius 2 is 1.89 bits per heavy atom. The Kier molecular flexibility index (Phi) is 4.00. The topological polar surface area (TPSA) is 58.2 Å². The van der Waals surface area contributed by atoms with Crippen LogP contribution in [0.5, 0.6) is 0 Å². The first-order valence-corrected chi connectivity index (χ1v) is 7.41. The van der Waals surface area contributed by atoms with Crippen molar-refractivity contribution in [2.45, 2.75) is 18.9 Å². The SMILES string of the molecule is O=S(=O)(CC1CCCN1)Nc1cc(F)c(F)c(F)c1. The van der Waals surface area contributed by atoms with E-state index >= 15 is 0 Å². The van der Waals surface area contributed by atoms with Crippen LogP contribution in [-0.2, 0) is 10.0 Å².